The SMILES string of the molecule is Cc1cc2c(c(=O)n1CCO)C=C1COc3ccccc3C1O2. The molecule has 0 amide bonds. The van der Waals surface area contributed by atoms with Gasteiger partial charge in [-0.3, -0.25) is 4.79 Å². The van der Waals surface area contributed by atoms with Crippen LogP contribution >= 0.6 is 0 Å². The molecule has 5 heteroatoms. The number of fused-ring (bicyclic) bond motifs is 4. The van der Waals surface area contributed by atoms with Crippen molar-refractivity contribution < 1.29 is 14.6 Å². The molecule has 2 aliphatic rings. The van der Waals surface area contributed by atoms with Crippen molar-refractivity contribution in [1.29, 1.82) is 0 Å². The molecule has 0 saturated carbocycles. The number of aryl methyl sites for hydroxylation is 1. The van der Waals surface area contributed by atoms with Crippen LogP contribution < -0.4 is 15.0 Å². The smallest absolute Gasteiger partial charge is 0.261 e. The Morgan fingerprint density at radius 2 is 2.13 bits per heavy atom. The highest BCUT2D eigenvalue weighted by atomic mass is 16.5. The fourth-order valence-electron chi connectivity index (χ4n) is 3.20. The van der Waals surface area contributed by atoms with E-state index < -0.39 is 0 Å². The average molecular weight is 311 g/mol. The van der Waals surface area contributed by atoms with Gasteiger partial charge in [0.1, 0.15) is 18.1 Å². The molecule has 1 aromatic carbocycles. The van der Waals surface area contributed by atoms with Gasteiger partial charge >= 0.3 is 0 Å². The first kappa shape index (κ1) is 14.1. The number of aliphatic hydroxyl groups is 1. The van der Waals surface area contributed by atoms with Gasteiger partial charge in [-0.2, -0.15) is 0 Å². The highest BCUT2D eigenvalue weighted by Crippen LogP contribution is 2.42. The minimum Gasteiger partial charge on any atom is -0.489 e. The van der Waals surface area contributed by atoms with E-state index in [2.05, 4.69) is 0 Å². The largest absolute Gasteiger partial charge is 0.489 e. The molecule has 1 N–H and O–H groups in total. The lowest BCUT2D eigenvalue weighted by molar-refractivity contribution is 0.187. The van der Waals surface area contributed by atoms with Gasteiger partial charge in [0.05, 0.1) is 12.2 Å². The third-order valence-corrected chi connectivity index (χ3v) is 4.34. The summed E-state index contributed by atoms with van der Waals surface area (Å²) in [5, 5.41) is 9.14. The molecule has 1 aromatic heterocycles. The highest BCUT2D eigenvalue weighted by molar-refractivity contribution is 5.65. The molecule has 0 radical (unpaired) electrons. The Balaban J connectivity index is 1.85. The lowest BCUT2D eigenvalue weighted by Crippen LogP contribution is -2.31. The molecule has 1 atom stereocenters. The number of ether oxygens (including phenoxy) is 2. The van der Waals surface area contributed by atoms with Gasteiger partial charge in [-0.1, -0.05) is 18.2 Å². The summed E-state index contributed by atoms with van der Waals surface area (Å²) in [5.41, 5.74) is 3.08. The topological polar surface area (TPSA) is 60.7 Å². The minimum atomic E-state index is -0.208. The summed E-state index contributed by atoms with van der Waals surface area (Å²) >= 11 is 0. The third-order valence-electron chi connectivity index (χ3n) is 4.34. The van der Waals surface area contributed by atoms with Gasteiger partial charge in [0, 0.05) is 29.4 Å². The van der Waals surface area contributed by atoms with Crippen LogP contribution in [-0.4, -0.2) is 22.9 Å². The number of rotatable bonds is 2. The first-order valence-corrected chi connectivity index (χ1v) is 7.63. The summed E-state index contributed by atoms with van der Waals surface area (Å²) in [4.78, 5) is 12.6. The molecule has 0 bridgehead atoms. The summed E-state index contributed by atoms with van der Waals surface area (Å²) in [6.45, 7) is 2.46. The van der Waals surface area contributed by atoms with Crippen molar-refractivity contribution in [3.05, 3.63) is 63.1 Å². The number of benzene rings is 1. The van der Waals surface area contributed by atoms with Gasteiger partial charge in [-0.25, -0.2) is 0 Å². The van der Waals surface area contributed by atoms with Gasteiger partial charge in [0.2, 0.25) is 0 Å². The molecule has 23 heavy (non-hydrogen) atoms. The molecule has 0 saturated heterocycles. The molecular weight excluding hydrogens is 294 g/mol. The zero-order chi connectivity index (χ0) is 16.0. The maximum atomic E-state index is 12.6. The van der Waals surface area contributed by atoms with Crippen LogP contribution in [0.15, 0.2) is 40.7 Å². The maximum Gasteiger partial charge on any atom is 0.261 e. The van der Waals surface area contributed by atoms with Crippen LogP contribution in [0.1, 0.15) is 22.9 Å². The average Bonchev–Trinajstić information content (AvgIpc) is 2.57. The maximum absolute atomic E-state index is 12.6. The van der Waals surface area contributed by atoms with Crippen molar-refractivity contribution in [3.63, 3.8) is 0 Å². The minimum absolute atomic E-state index is 0.0733. The molecule has 0 aliphatic carbocycles. The van der Waals surface area contributed by atoms with Crippen LogP contribution in [0.3, 0.4) is 0 Å². The number of nitrogens with zero attached hydrogens (tertiary/aromatic N) is 1. The van der Waals surface area contributed by atoms with Crippen molar-refractivity contribution in [2.45, 2.75) is 19.6 Å². The monoisotopic (exact) mass is 311 g/mol. The lowest BCUT2D eigenvalue weighted by atomic mass is 9.94. The fraction of sp³-hybridized carbons (Fsp3) is 0.278. The Kier molecular flexibility index (Phi) is 3.23. The zero-order valence-corrected chi connectivity index (χ0v) is 12.8. The summed E-state index contributed by atoms with van der Waals surface area (Å²) in [6.07, 6.45) is 1.66. The molecule has 4 rings (SSSR count). The molecule has 2 aromatic rings. The van der Waals surface area contributed by atoms with Crippen LogP contribution in [0.2, 0.25) is 0 Å². The van der Waals surface area contributed by atoms with Gasteiger partial charge in [-0.05, 0) is 19.1 Å². The molecule has 2 aliphatic heterocycles. The van der Waals surface area contributed by atoms with E-state index in [9.17, 15) is 4.79 Å². The van der Waals surface area contributed by atoms with Crippen molar-refractivity contribution >= 4 is 6.08 Å². The second kappa shape index (κ2) is 5.28. The van der Waals surface area contributed by atoms with Crippen LogP contribution in [-0.2, 0) is 6.54 Å². The van der Waals surface area contributed by atoms with E-state index in [1.54, 1.807) is 4.57 Å². The van der Waals surface area contributed by atoms with Crippen molar-refractivity contribution in [1.82, 2.24) is 4.57 Å². The highest BCUT2D eigenvalue weighted by Gasteiger charge is 2.32. The quantitative estimate of drug-likeness (QED) is 0.922. The second-order valence-electron chi connectivity index (χ2n) is 5.79. The van der Waals surface area contributed by atoms with Crippen molar-refractivity contribution in [2.24, 2.45) is 0 Å². The van der Waals surface area contributed by atoms with Gasteiger partial charge in [0.25, 0.3) is 5.56 Å². The molecule has 0 spiro atoms. The molecule has 0 fully saturated rings. The number of hydrogen-bond donors (Lipinski definition) is 1. The fourth-order valence-corrected chi connectivity index (χ4v) is 3.20. The van der Waals surface area contributed by atoms with Crippen molar-refractivity contribution in [2.75, 3.05) is 13.2 Å². The Hall–Kier alpha value is -2.53. The van der Waals surface area contributed by atoms with Gasteiger partial charge in [-0.15, -0.1) is 0 Å². The predicted octanol–water partition coefficient (Wildman–Crippen LogP) is 2.06. The summed E-state index contributed by atoms with van der Waals surface area (Å²) < 4.78 is 13.5. The van der Waals surface area contributed by atoms with Crippen LogP contribution in [0.25, 0.3) is 6.08 Å². The normalized spacial score (nSPS) is 18.0. The van der Waals surface area contributed by atoms with E-state index in [0.29, 0.717) is 17.9 Å². The number of hydrogen-bond acceptors (Lipinski definition) is 4. The Morgan fingerprint density at radius 3 is 2.96 bits per heavy atom. The second-order valence-corrected chi connectivity index (χ2v) is 5.79. The molecule has 1 unspecified atom stereocenters. The Bertz CT molecular complexity index is 866. The molecule has 118 valence electrons. The zero-order valence-electron chi connectivity index (χ0n) is 12.8. The van der Waals surface area contributed by atoms with E-state index in [1.807, 2.05) is 43.3 Å². The van der Waals surface area contributed by atoms with Crippen molar-refractivity contribution in [3.8, 4) is 11.5 Å². The van der Waals surface area contributed by atoms with E-state index in [0.717, 1.165) is 22.6 Å². The summed E-state index contributed by atoms with van der Waals surface area (Å²) in [5.74, 6) is 1.41. The number of para-hydroxylation sites is 1. The van der Waals surface area contributed by atoms with Gasteiger partial charge < -0.3 is 19.1 Å². The van der Waals surface area contributed by atoms with E-state index in [1.165, 1.54) is 0 Å². The molecule has 5 nitrogen and oxygen atoms in total. The predicted molar refractivity (Wildman–Crippen MR) is 85.8 cm³/mol. The third kappa shape index (κ3) is 2.16. The summed E-state index contributed by atoms with van der Waals surface area (Å²) in [6, 6.07) is 9.65. The first-order valence-electron chi connectivity index (χ1n) is 7.63. The first-order chi connectivity index (χ1) is 11.2. The number of aliphatic hydroxyl groups excluding tert-OH is 1. The van der Waals surface area contributed by atoms with E-state index in [-0.39, 0.29) is 24.8 Å². The van der Waals surface area contributed by atoms with Crippen LogP contribution in [0, 0.1) is 6.92 Å². The lowest BCUT2D eigenvalue weighted by Gasteiger charge is -2.32. The Labute approximate surface area is 133 Å². The van der Waals surface area contributed by atoms with Gasteiger partial charge in [0.15, 0.2) is 6.10 Å². The van der Waals surface area contributed by atoms with E-state index >= 15 is 0 Å². The Morgan fingerprint density at radius 1 is 1.30 bits per heavy atom. The van der Waals surface area contributed by atoms with E-state index in [4.69, 9.17) is 14.6 Å². The summed E-state index contributed by atoms with van der Waals surface area (Å²) in [7, 11) is 0. The van der Waals surface area contributed by atoms with Crippen LogP contribution in [0.4, 0.5) is 0 Å². The van der Waals surface area contributed by atoms with Crippen LogP contribution in [0.5, 0.6) is 11.5 Å². The number of aromatic nitrogens is 1. The molecular formula is C18H17NO4. The number of pyridine rings is 1. The molecule has 3 heterocycles. The standard InChI is InChI=1S/C18H17NO4/c1-11-8-16-14(18(21)19(11)6-7-20)9-12-10-22-15-5-3-2-4-13(15)17(12)23-16/h2-5,8-9,17,20H,6-7,10H2,1H3.